The number of anilines is 1. The molecule has 3 N–H and O–H groups in total. The normalized spacial score (nSPS) is 13.4. The number of rotatable bonds is 12. The van der Waals surface area contributed by atoms with Gasteiger partial charge in [0.1, 0.15) is 23.4 Å². The van der Waals surface area contributed by atoms with E-state index in [2.05, 4.69) is 24.5 Å². The number of aromatic hydroxyl groups is 1. The summed E-state index contributed by atoms with van der Waals surface area (Å²) >= 11 is 0. The Labute approximate surface area is 274 Å². The molecule has 0 saturated carbocycles. The van der Waals surface area contributed by atoms with Gasteiger partial charge in [0.2, 0.25) is 5.91 Å². The van der Waals surface area contributed by atoms with Crippen molar-refractivity contribution in [3.63, 3.8) is 0 Å². The molecule has 3 atom stereocenters. The van der Waals surface area contributed by atoms with Crippen molar-refractivity contribution in [2.45, 2.75) is 105 Å². The fourth-order valence-corrected chi connectivity index (χ4v) is 5.49. The van der Waals surface area contributed by atoms with Crippen LogP contribution in [0.3, 0.4) is 0 Å². The molecule has 248 valence electrons. The summed E-state index contributed by atoms with van der Waals surface area (Å²) in [5.74, 6) is -0.266. The Kier molecular flexibility index (Phi) is 12.4. The third kappa shape index (κ3) is 10.4. The molecule has 0 aliphatic heterocycles. The minimum absolute atomic E-state index is 0.0957. The first kappa shape index (κ1) is 36.1. The van der Waals surface area contributed by atoms with E-state index in [9.17, 15) is 19.5 Å². The minimum Gasteiger partial charge on any atom is -0.508 e. The Morgan fingerprint density at radius 2 is 1.48 bits per heavy atom. The molecule has 46 heavy (non-hydrogen) atoms. The summed E-state index contributed by atoms with van der Waals surface area (Å²) in [6.07, 6.45) is 0.893. The van der Waals surface area contributed by atoms with Crippen LogP contribution < -0.4 is 10.6 Å². The monoisotopic (exact) mass is 629 g/mol. The van der Waals surface area contributed by atoms with Crippen molar-refractivity contribution in [3.8, 4) is 5.75 Å². The van der Waals surface area contributed by atoms with Crippen LogP contribution in [0.2, 0.25) is 0 Å². The van der Waals surface area contributed by atoms with Crippen LogP contribution in [0.25, 0.3) is 0 Å². The van der Waals surface area contributed by atoms with Crippen molar-refractivity contribution < 1.29 is 24.2 Å². The number of benzene rings is 3. The van der Waals surface area contributed by atoms with Gasteiger partial charge in [0.25, 0.3) is 5.91 Å². The van der Waals surface area contributed by atoms with E-state index >= 15 is 0 Å². The van der Waals surface area contributed by atoms with Gasteiger partial charge in [-0.1, -0.05) is 74.0 Å². The molecule has 0 radical (unpaired) electrons. The summed E-state index contributed by atoms with van der Waals surface area (Å²) in [7, 11) is 0. The van der Waals surface area contributed by atoms with E-state index in [0.717, 1.165) is 28.7 Å². The molecule has 3 unspecified atom stereocenters. The third-order valence-electron chi connectivity index (χ3n) is 7.87. The van der Waals surface area contributed by atoms with Crippen LogP contribution in [0.15, 0.2) is 66.7 Å². The lowest BCUT2D eigenvalue weighted by atomic mass is 9.95. The maximum Gasteiger partial charge on any atom is 0.408 e. The number of para-hydroxylation sites is 1. The largest absolute Gasteiger partial charge is 0.508 e. The standard InChI is InChI=1S/C38H51N3O5/c1-24(2)16-17-28(6)41(36(44)32(39-37(45)46-38(7,8)9)23-29-18-20-31(42)21-19-29)34(30-15-10-12-25(3)22-30)35(43)40-33-26(4)13-11-14-27(33)5/h10-15,18-22,24,28,32,34,42H,16-17,23H2,1-9H3,(H,39,45)(H,40,43). The molecule has 8 heteroatoms. The van der Waals surface area contributed by atoms with E-state index in [1.165, 1.54) is 0 Å². The maximum atomic E-state index is 14.9. The van der Waals surface area contributed by atoms with E-state index in [0.29, 0.717) is 23.6 Å². The number of carbonyl (C=O) groups excluding carboxylic acids is 3. The lowest BCUT2D eigenvalue weighted by Crippen LogP contribution is -2.55. The Bertz CT molecular complexity index is 1470. The number of amides is 3. The first-order valence-electron chi connectivity index (χ1n) is 16.1. The zero-order valence-electron chi connectivity index (χ0n) is 28.8. The van der Waals surface area contributed by atoms with Gasteiger partial charge in [-0.3, -0.25) is 9.59 Å². The molecule has 3 aromatic rings. The van der Waals surface area contributed by atoms with E-state index in [-0.39, 0.29) is 24.1 Å². The van der Waals surface area contributed by atoms with Gasteiger partial charge in [0.15, 0.2) is 0 Å². The van der Waals surface area contributed by atoms with Gasteiger partial charge < -0.3 is 25.4 Å². The van der Waals surface area contributed by atoms with Crippen molar-refractivity contribution in [3.05, 3.63) is 94.5 Å². The highest BCUT2D eigenvalue weighted by molar-refractivity contribution is 6.00. The molecule has 0 saturated heterocycles. The van der Waals surface area contributed by atoms with Crippen LogP contribution in [0.4, 0.5) is 10.5 Å². The second kappa shape index (κ2) is 15.8. The molecule has 0 spiro atoms. The molecule has 3 amide bonds. The zero-order valence-corrected chi connectivity index (χ0v) is 28.8. The summed E-state index contributed by atoms with van der Waals surface area (Å²) < 4.78 is 5.57. The predicted octanol–water partition coefficient (Wildman–Crippen LogP) is 7.79. The van der Waals surface area contributed by atoms with Gasteiger partial charge in [0, 0.05) is 18.2 Å². The Balaban J connectivity index is 2.17. The topological polar surface area (TPSA) is 108 Å². The highest BCUT2D eigenvalue weighted by Crippen LogP contribution is 2.31. The van der Waals surface area contributed by atoms with E-state index < -0.39 is 29.7 Å². The van der Waals surface area contributed by atoms with Crippen LogP contribution in [-0.4, -0.2) is 45.6 Å². The number of carbonyl (C=O) groups is 3. The number of alkyl carbamates (subject to hydrolysis) is 1. The minimum atomic E-state index is -1.05. The summed E-state index contributed by atoms with van der Waals surface area (Å²) in [4.78, 5) is 44.2. The molecule has 0 heterocycles. The van der Waals surface area contributed by atoms with Crippen molar-refractivity contribution in [1.29, 1.82) is 0 Å². The fourth-order valence-electron chi connectivity index (χ4n) is 5.49. The SMILES string of the molecule is Cc1cccc(C(C(=O)Nc2c(C)cccc2C)N(C(=O)C(Cc2ccc(O)cc2)NC(=O)OC(C)(C)C)C(C)CCC(C)C)c1. The number of nitrogens with zero attached hydrogens (tertiary/aromatic N) is 1. The molecule has 3 rings (SSSR count). The molecule has 0 aromatic heterocycles. The molecule has 0 bridgehead atoms. The number of phenols is 1. The van der Waals surface area contributed by atoms with Gasteiger partial charge in [-0.15, -0.1) is 0 Å². The maximum absolute atomic E-state index is 14.9. The number of hydrogen-bond acceptors (Lipinski definition) is 5. The Morgan fingerprint density at radius 1 is 0.870 bits per heavy atom. The van der Waals surface area contributed by atoms with Crippen molar-refractivity contribution in [2.75, 3.05) is 5.32 Å². The van der Waals surface area contributed by atoms with Crippen LogP contribution in [0, 0.1) is 26.7 Å². The van der Waals surface area contributed by atoms with Crippen LogP contribution in [0.5, 0.6) is 5.75 Å². The Hall–Kier alpha value is -4.33. The van der Waals surface area contributed by atoms with Gasteiger partial charge >= 0.3 is 6.09 Å². The Morgan fingerprint density at radius 3 is 2.04 bits per heavy atom. The summed E-state index contributed by atoms with van der Waals surface area (Å²) in [6, 6.07) is 17.6. The highest BCUT2D eigenvalue weighted by Gasteiger charge is 2.39. The quantitative estimate of drug-likeness (QED) is 0.190. The summed E-state index contributed by atoms with van der Waals surface area (Å²) in [5.41, 5.74) is 4.12. The molecule has 3 aromatic carbocycles. The summed E-state index contributed by atoms with van der Waals surface area (Å²) in [5, 5.41) is 15.8. The molecular formula is C38H51N3O5. The van der Waals surface area contributed by atoms with Crippen LogP contribution in [-0.2, 0) is 20.7 Å². The fraction of sp³-hybridized carbons (Fsp3) is 0.447. The van der Waals surface area contributed by atoms with Gasteiger partial charge in [-0.05, 0) is 102 Å². The molecule has 8 nitrogen and oxygen atoms in total. The number of hydrogen-bond donors (Lipinski definition) is 3. The molecular weight excluding hydrogens is 578 g/mol. The second-order valence-electron chi connectivity index (χ2n) is 13.7. The highest BCUT2D eigenvalue weighted by atomic mass is 16.6. The first-order chi connectivity index (χ1) is 21.6. The zero-order chi connectivity index (χ0) is 34.2. The summed E-state index contributed by atoms with van der Waals surface area (Å²) in [6.45, 7) is 17.3. The van der Waals surface area contributed by atoms with E-state index in [4.69, 9.17) is 4.74 Å². The molecule has 0 aliphatic rings. The van der Waals surface area contributed by atoms with E-state index in [1.54, 1.807) is 49.9 Å². The van der Waals surface area contributed by atoms with Gasteiger partial charge in [-0.2, -0.15) is 0 Å². The first-order valence-corrected chi connectivity index (χ1v) is 16.1. The lowest BCUT2D eigenvalue weighted by Gasteiger charge is -2.39. The second-order valence-corrected chi connectivity index (χ2v) is 13.7. The third-order valence-corrected chi connectivity index (χ3v) is 7.87. The van der Waals surface area contributed by atoms with Crippen molar-refractivity contribution in [1.82, 2.24) is 10.2 Å². The number of aryl methyl sites for hydroxylation is 3. The molecule has 0 aliphatic carbocycles. The molecule has 0 fully saturated rings. The van der Waals surface area contributed by atoms with Gasteiger partial charge in [-0.25, -0.2) is 4.79 Å². The number of ether oxygens (including phenoxy) is 1. The van der Waals surface area contributed by atoms with Gasteiger partial charge in [0.05, 0.1) is 0 Å². The van der Waals surface area contributed by atoms with Crippen LogP contribution >= 0.6 is 0 Å². The smallest absolute Gasteiger partial charge is 0.408 e. The predicted molar refractivity (Wildman–Crippen MR) is 184 cm³/mol. The van der Waals surface area contributed by atoms with Crippen molar-refractivity contribution in [2.24, 2.45) is 5.92 Å². The lowest BCUT2D eigenvalue weighted by molar-refractivity contribution is -0.143. The van der Waals surface area contributed by atoms with E-state index in [1.807, 2.05) is 70.2 Å². The van der Waals surface area contributed by atoms with Crippen molar-refractivity contribution >= 4 is 23.6 Å². The van der Waals surface area contributed by atoms with Crippen LogP contribution in [0.1, 0.15) is 88.2 Å². The average Bonchev–Trinajstić information content (AvgIpc) is 2.96. The average molecular weight is 630 g/mol. The number of nitrogens with one attached hydrogen (secondary N) is 2. The number of phenolic OH excluding ortho intramolecular Hbond substituents is 1.